The molecule has 16 heteroatoms. The zero-order chi connectivity index (χ0) is 72.6. The summed E-state index contributed by atoms with van der Waals surface area (Å²) in [5.41, 5.74) is 26.4. The van der Waals surface area contributed by atoms with E-state index in [9.17, 15) is 0 Å². The van der Waals surface area contributed by atoms with E-state index in [2.05, 4.69) is 333 Å². The van der Waals surface area contributed by atoms with Gasteiger partial charge in [0.05, 0.1) is 11.4 Å². The van der Waals surface area contributed by atoms with Gasteiger partial charge in [0.2, 0.25) is 0 Å². The molecule has 4 aliphatic heterocycles. The molecule has 12 aromatic carbocycles. The number of para-hydroxylation sites is 7. The van der Waals surface area contributed by atoms with Crippen LogP contribution in [0.3, 0.4) is 0 Å². The standard InChI is InChI=1S/C26H20N2.C25H19N3.C24H18N4.C20H17N3.4Ir/c1-20-18-22(21-10-4-2-5-11-21)16-17-24(20)28-19-27(23-12-6-3-7-13-23)25-14-8-9-15-26(25)28;1-19-17-21(20-9-4-2-5-10-20)14-15-23(19)28-18-27(22-11-6-3-7-12-22)25-24(28)13-8-16-26-25;1-18-16-20(19-8-4-2-5-9-19)12-13-22(18)28-17-27(21-10-6-3-7-11-21)23-24(28)26-15-14-25-23;1-15-12-19-20(21-13-15)22(17-9-4-3-5-10-17)14-23(19)18-11-7-6-8-16(18)2;;;;/h2-12,14-19H,1H3;2-11,13-18H,1H3;2-10,12-17H,1H3;3-9,11-14H,1-2H3;;;;/q4*-2;;;;. The van der Waals surface area contributed by atoms with Crippen molar-refractivity contribution in [1.29, 1.82) is 0 Å². The van der Waals surface area contributed by atoms with Crippen molar-refractivity contribution in [1.82, 2.24) is 19.9 Å². The van der Waals surface area contributed by atoms with Gasteiger partial charge in [-0.25, -0.2) is 19.9 Å². The quantitative estimate of drug-likeness (QED) is 0.116. The predicted octanol–water partition coefficient (Wildman–Crippen LogP) is 23.7. The third-order valence-corrected chi connectivity index (χ3v) is 19.0. The molecule has 558 valence electrons. The molecule has 0 spiro atoms. The summed E-state index contributed by atoms with van der Waals surface area (Å²) >= 11 is 0. The van der Waals surface area contributed by atoms with Gasteiger partial charge in [-0.1, -0.05) is 140 Å². The average molecular weight is 2150 g/mol. The molecule has 111 heavy (non-hydrogen) atoms. The third kappa shape index (κ3) is 17.2. The molecule has 4 radical (unpaired) electrons. The van der Waals surface area contributed by atoms with Gasteiger partial charge in [0.15, 0.2) is 0 Å². The van der Waals surface area contributed by atoms with Crippen molar-refractivity contribution in [3.63, 3.8) is 0 Å². The van der Waals surface area contributed by atoms with Gasteiger partial charge < -0.3 is 39.2 Å². The van der Waals surface area contributed by atoms with Gasteiger partial charge in [-0.3, -0.25) is 0 Å². The van der Waals surface area contributed by atoms with Gasteiger partial charge in [0.25, 0.3) is 0 Å². The minimum atomic E-state index is 0. The summed E-state index contributed by atoms with van der Waals surface area (Å²) in [5, 5.41) is 0. The van der Waals surface area contributed by atoms with Crippen LogP contribution in [0.2, 0.25) is 0 Å². The van der Waals surface area contributed by atoms with Crippen molar-refractivity contribution >= 4 is 91.5 Å². The maximum Gasteiger partial charge on any atom is 0.145 e. The largest absolute Gasteiger partial charge is 0.493 e. The molecule has 0 bridgehead atoms. The van der Waals surface area contributed by atoms with E-state index in [4.69, 9.17) is 0 Å². The average Bonchev–Trinajstić information content (AvgIpc) is 1.68. The summed E-state index contributed by atoms with van der Waals surface area (Å²) in [6.07, 6.45) is 7.18. The molecule has 0 aliphatic carbocycles. The van der Waals surface area contributed by atoms with Crippen LogP contribution in [0, 0.1) is 85.6 Å². The number of nitrogens with zero attached hydrogens (tertiary/aromatic N) is 12. The SMILES string of the molecule is Cc1cc(-c2ccccc2)ccc1N1[CH-]N(c2[c-]cccc2)c2ccccc21.Cc1cc(-c2ccccc2)ccc1N1[CH-]N(c2[c-]cccc2)c2ncccc21.Cc1cc(-c2ccccc2)ccc1N1[CH-]N(c2[c-]cccc2)c2nccnc21.Cc1cnc2c(c1)N(c1ccccc1C)[CH-]N2c1[c-]cccc1.[Ir].[Ir].[Ir].[Ir]. The maximum absolute atomic E-state index is 4.66. The fourth-order valence-electron chi connectivity index (χ4n) is 13.8. The number of rotatable bonds is 11. The molecule has 12 nitrogen and oxygen atoms in total. The van der Waals surface area contributed by atoms with Crippen molar-refractivity contribution in [3.8, 4) is 33.4 Å². The van der Waals surface area contributed by atoms with Gasteiger partial charge in [0.1, 0.15) is 23.3 Å². The van der Waals surface area contributed by atoms with Crippen LogP contribution >= 0.6 is 0 Å². The number of aromatic nitrogens is 4. The Morgan fingerprint density at radius 1 is 0.225 bits per heavy atom. The first-order valence-electron chi connectivity index (χ1n) is 35.6. The summed E-state index contributed by atoms with van der Waals surface area (Å²) in [6, 6.07) is 119. The summed E-state index contributed by atoms with van der Waals surface area (Å²) in [4.78, 5) is 35.6. The molecule has 0 fully saturated rings. The second kappa shape index (κ2) is 36.7. The first-order valence-corrected chi connectivity index (χ1v) is 35.6. The van der Waals surface area contributed by atoms with Gasteiger partial charge >= 0.3 is 0 Å². The number of pyridine rings is 2. The van der Waals surface area contributed by atoms with Crippen LogP contribution in [-0.2, 0) is 80.4 Å². The molecule has 3 aromatic heterocycles. The van der Waals surface area contributed by atoms with E-state index >= 15 is 0 Å². The molecule has 15 aromatic rings. The Hall–Kier alpha value is -11.0. The van der Waals surface area contributed by atoms with Crippen LogP contribution in [0.4, 0.5) is 91.5 Å². The van der Waals surface area contributed by atoms with E-state index < -0.39 is 0 Å². The van der Waals surface area contributed by atoms with Gasteiger partial charge in [-0.2, -0.15) is 121 Å². The monoisotopic (exact) mass is 2150 g/mol. The van der Waals surface area contributed by atoms with Crippen molar-refractivity contribution in [3.05, 3.63) is 413 Å². The predicted molar refractivity (Wildman–Crippen MR) is 438 cm³/mol. The number of benzene rings is 12. The van der Waals surface area contributed by atoms with Gasteiger partial charge in [-0.15, -0.1) is 49.4 Å². The molecule has 0 saturated carbocycles. The molecule has 0 N–H and O–H groups in total. The fraction of sp³-hybridized carbons (Fsp3) is 0.0526. The Kier molecular flexibility index (Phi) is 26.3. The van der Waals surface area contributed by atoms with Crippen molar-refractivity contribution in [2.24, 2.45) is 0 Å². The minimum Gasteiger partial charge on any atom is -0.493 e. The molecule has 4 aliphatic rings. The number of aryl methyl sites for hydroxylation is 5. The molecule has 0 saturated heterocycles. The summed E-state index contributed by atoms with van der Waals surface area (Å²) in [5.74, 6) is 3.46. The number of anilines is 16. The van der Waals surface area contributed by atoms with Crippen molar-refractivity contribution in [2.45, 2.75) is 34.6 Å². The number of hydrogen-bond acceptors (Lipinski definition) is 12. The molecule has 0 atom stereocenters. The molecule has 7 heterocycles. The first kappa shape index (κ1) is 79.6. The van der Waals surface area contributed by atoms with Gasteiger partial charge in [0, 0.05) is 139 Å². The normalized spacial score (nSPS) is 12.5. The second-order valence-electron chi connectivity index (χ2n) is 26.2. The number of fused-ring (bicyclic) bond motifs is 4. The maximum atomic E-state index is 4.66. The van der Waals surface area contributed by atoms with E-state index in [1.165, 1.54) is 72.7 Å². The third-order valence-electron chi connectivity index (χ3n) is 19.0. The van der Waals surface area contributed by atoms with E-state index in [0.29, 0.717) is 0 Å². The summed E-state index contributed by atoms with van der Waals surface area (Å²) in [7, 11) is 0. The molecule has 0 unspecified atom stereocenters. The summed E-state index contributed by atoms with van der Waals surface area (Å²) < 4.78 is 0. The Balaban J connectivity index is 0.000000136. The Labute approximate surface area is 705 Å². The van der Waals surface area contributed by atoms with Crippen LogP contribution < -0.4 is 39.2 Å². The van der Waals surface area contributed by atoms with Crippen LogP contribution in [0.1, 0.15) is 27.8 Å². The molecule has 19 rings (SSSR count). The second-order valence-corrected chi connectivity index (χ2v) is 26.2. The minimum absolute atomic E-state index is 0. The Bertz CT molecular complexity index is 5130. The van der Waals surface area contributed by atoms with Crippen LogP contribution in [0.25, 0.3) is 33.4 Å². The summed E-state index contributed by atoms with van der Waals surface area (Å²) in [6.45, 7) is 19.0. The smallest absolute Gasteiger partial charge is 0.145 e. The Morgan fingerprint density at radius 2 is 0.550 bits per heavy atom. The molecular weight excluding hydrogens is 2080 g/mol. The van der Waals surface area contributed by atoms with E-state index in [-0.39, 0.29) is 80.4 Å². The topological polar surface area (TPSA) is 77.5 Å². The number of hydrogen-bond donors (Lipinski definition) is 0. The van der Waals surface area contributed by atoms with Crippen LogP contribution in [0.15, 0.2) is 334 Å². The van der Waals surface area contributed by atoms with Gasteiger partial charge in [-0.05, 0) is 169 Å². The zero-order valence-electron chi connectivity index (χ0n) is 61.3. The zero-order valence-corrected chi connectivity index (χ0v) is 70.8. The van der Waals surface area contributed by atoms with E-state index in [1.807, 2.05) is 133 Å². The van der Waals surface area contributed by atoms with Crippen LogP contribution in [-0.4, -0.2) is 19.9 Å². The molecule has 0 amide bonds. The first-order chi connectivity index (χ1) is 52.7. The fourth-order valence-corrected chi connectivity index (χ4v) is 13.8. The van der Waals surface area contributed by atoms with Crippen molar-refractivity contribution in [2.75, 3.05) is 39.2 Å². The van der Waals surface area contributed by atoms with Crippen LogP contribution in [0.5, 0.6) is 0 Å². The van der Waals surface area contributed by atoms with E-state index in [1.54, 1.807) is 12.4 Å². The molecular formula is C95H74Ir4N12-8. The Morgan fingerprint density at radius 3 is 0.991 bits per heavy atom. The van der Waals surface area contributed by atoms with Crippen molar-refractivity contribution < 1.29 is 80.4 Å². The van der Waals surface area contributed by atoms with E-state index in [0.717, 1.165) is 80.0 Å².